The number of benzene rings is 1. The van der Waals surface area contributed by atoms with E-state index in [1.165, 1.54) is 6.07 Å². The number of ether oxygens (including phenoxy) is 2. The number of carbonyl (C=O) groups excluding carboxylic acids is 2. The Labute approximate surface area is 169 Å². The molecule has 1 aromatic rings. The normalized spacial score (nSPS) is 10.2. The summed E-state index contributed by atoms with van der Waals surface area (Å²) in [6, 6.07) is 3.32. The van der Waals surface area contributed by atoms with Gasteiger partial charge in [0.2, 0.25) is 0 Å². The number of hydrogen-bond acceptors (Lipinski definition) is 6. The molecule has 0 bridgehead atoms. The summed E-state index contributed by atoms with van der Waals surface area (Å²) in [4.78, 5) is 45.3. The first-order chi connectivity index (χ1) is 13.7. The van der Waals surface area contributed by atoms with Gasteiger partial charge < -0.3 is 19.7 Å². The molecule has 0 saturated heterocycles. The van der Waals surface area contributed by atoms with Crippen LogP contribution in [0.5, 0.6) is 0 Å². The zero-order valence-corrected chi connectivity index (χ0v) is 16.4. The molecule has 2 N–H and O–H groups in total. The summed E-state index contributed by atoms with van der Waals surface area (Å²) in [6.45, 7) is 5.68. The van der Waals surface area contributed by atoms with Gasteiger partial charge in [-0.3, -0.25) is 0 Å². The van der Waals surface area contributed by atoms with Crippen molar-refractivity contribution >= 4 is 23.9 Å². The predicted molar refractivity (Wildman–Crippen MR) is 104 cm³/mol. The molecule has 0 aliphatic carbocycles. The van der Waals surface area contributed by atoms with Crippen LogP contribution < -0.4 is 0 Å². The van der Waals surface area contributed by atoms with Crippen molar-refractivity contribution in [3.8, 4) is 0 Å². The number of unbranched alkanes of at least 4 members (excludes halogenated alkanes) is 5. The Balaban J connectivity index is 2.24. The first-order valence-electron chi connectivity index (χ1n) is 9.34. The number of carboxylic acid groups (broad SMARTS) is 2. The second-order valence-electron chi connectivity index (χ2n) is 6.54. The molecule has 158 valence electrons. The molecule has 1 rings (SSSR count). The summed E-state index contributed by atoms with van der Waals surface area (Å²) in [5.74, 6) is -3.87. The van der Waals surface area contributed by atoms with E-state index in [0.717, 1.165) is 44.2 Å². The topological polar surface area (TPSA) is 127 Å². The van der Waals surface area contributed by atoms with Gasteiger partial charge in [-0.2, -0.15) is 0 Å². The van der Waals surface area contributed by atoms with Crippen molar-refractivity contribution in [3.05, 3.63) is 47.0 Å². The number of hydrogen-bond donors (Lipinski definition) is 2. The van der Waals surface area contributed by atoms with E-state index in [-0.39, 0.29) is 23.7 Å². The van der Waals surface area contributed by atoms with Gasteiger partial charge >= 0.3 is 23.9 Å². The lowest BCUT2D eigenvalue weighted by Crippen LogP contribution is -2.12. The van der Waals surface area contributed by atoms with Crippen LogP contribution in [0.3, 0.4) is 0 Å². The molecule has 0 heterocycles. The maximum atomic E-state index is 12.0. The molecule has 0 unspecified atom stereocenters. The van der Waals surface area contributed by atoms with Crippen molar-refractivity contribution in [2.24, 2.45) is 0 Å². The van der Waals surface area contributed by atoms with E-state index < -0.39 is 23.5 Å². The molecule has 0 saturated carbocycles. The molecule has 8 nitrogen and oxygen atoms in total. The van der Waals surface area contributed by atoms with Crippen LogP contribution in [0, 0.1) is 0 Å². The van der Waals surface area contributed by atoms with Crippen LogP contribution in [0.15, 0.2) is 30.4 Å². The summed E-state index contributed by atoms with van der Waals surface area (Å²) >= 11 is 0. The highest BCUT2D eigenvalue weighted by molar-refractivity contribution is 6.03. The highest BCUT2D eigenvalue weighted by atomic mass is 16.5. The maximum absolute atomic E-state index is 12.0. The Morgan fingerprint density at radius 2 is 1.34 bits per heavy atom. The molecule has 0 spiro atoms. The fourth-order valence-electron chi connectivity index (χ4n) is 2.48. The van der Waals surface area contributed by atoms with Gasteiger partial charge in [-0.25, -0.2) is 19.2 Å². The zero-order valence-electron chi connectivity index (χ0n) is 16.4. The predicted octanol–water partition coefficient (Wildman–Crippen LogP) is 3.70. The van der Waals surface area contributed by atoms with Crippen molar-refractivity contribution in [3.63, 3.8) is 0 Å². The van der Waals surface area contributed by atoms with E-state index in [9.17, 15) is 19.2 Å². The zero-order chi connectivity index (χ0) is 21.8. The molecule has 0 atom stereocenters. The van der Waals surface area contributed by atoms with Crippen LogP contribution in [-0.2, 0) is 14.3 Å². The van der Waals surface area contributed by atoms with E-state index in [1.54, 1.807) is 6.92 Å². The van der Waals surface area contributed by atoms with Crippen molar-refractivity contribution in [1.29, 1.82) is 0 Å². The molecular formula is C21H26O8. The van der Waals surface area contributed by atoms with Gasteiger partial charge in [0.1, 0.15) is 0 Å². The standard InChI is InChI=1S/C21H26O8/c1-14(2)20(26)28-11-7-5-3-4-6-8-12-29-21(27)15-9-10-16(18(22)23)17(13-15)19(24)25/h9-10,13H,1,3-8,11-12H2,2H3,(H,22,23)(H,24,25). The molecule has 0 aromatic heterocycles. The lowest BCUT2D eigenvalue weighted by atomic mass is 10.0. The van der Waals surface area contributed by atoms with Crippen LogP contribution in [-0.4, -0.2) is 47.3 Å². The van der Waals surface area contributed by atoms with Gasteiger partial charge in [-0.05, 0) is 38.0 Å². The molecule has 0 radical (unpaired) electrons. The average Bonchev–Trinajstić information content (AvgIpc) is 2.68. The summed E-state index contributed by atoms with van der Waals surface area (Å²) in [5, 5.41) is 18.1. The number of rotatable bonds is 13. The van der Waals surface area contributed by atoms with Crippen LogP contribution in [0.25, 0.3) is 0 Å². The molecule has 0 fully saturated rings. The summed E-state index contributed by atoms with van der Waals surface area (Å²) < 4.78 is 10.1. The van der Waals surface area contributed by atoms with Gasteiger partial charge in [0.25, 0.3) is 0 Å². The third kappa shape index (κ3) is 8.59. The van der Waals surface area contributed by atoms with Crippen molar-refractivity contribution in [2.45, 2.75) is 45.4 Å². The lowest BCUT2D eigenvalue weighted by molar-refractivity contribution is -0.139. The molecule has 0 amide bonds. The summed E-state index contributed by atoms with van der Waals surface area (Å²) in [6.07, 6.45) is 5.15. The van der Waals surface area contributed by atoms with E-state index in [0.29, 0.717) is 18.6 Å². The summed E-state index contributed by atoms with van der Waals surface area (Å²) in [5.41, 5.74) is -0.461. The second-order valence-corrected chi connectivity index (χ2v) is 6.54. The Morgan fingerprint density at radius 3 is 1.86 bits per heavy atom. The molecule has 1 aromatic carbocycles. The summed E-state index contributed by atoms with van der Waals surface area (Å²) in [7, 11) is 0. The average molecular weight is 406 g/mol. The first kappa shape index (κ1) is 23.9. The van der Waals surface area contributed by atoms with E-state index in [2.05, 4.69) is 6.58 Å². The molecule has 29 heavy (non-hydrogen) atoms. The largest absolute Gasteiger partial charge is 0.478 e. The van der Waals surface area contributed by atoms with Crippen LogP contribution >= 0.6 is 0 Å². The van der Waals surface area contributed by atoms with Gasteiger partial charge in [-0.15, -0.1) is 0 Å². The van der Waals surface area contributed by atoms with Gasteiger partial charge in [0.05, 0.1) is 29.9 Å². The fraction of sp³-hybridized carbons (Fsp3) is 0.429. The lowest BCUT2D eigenvalue weighted by Gasteiger charge is -2.07. The van der Waals surface area contributed by atoms with E-state index in [1.807, 2.05) is 0 Å². The maximum Gasteiger partial charge on any atom is 0.338 e. The second kappa shape index (κ2) is 12.3. The van der Waals surface area contributed by atoms with Gasteiger partial charge in [0.15, 0.2) is 0 Å². The first-order valence-corrected chi connectivity index (χ1v) is 9.34. The number of carboxylic acids is 2. The number of carbonyl (C=O) groups is 4. The highest BCUT2D eigenvalue weighted by Crippen LogP contribution is 2.14. The molecule has 8 heteroatoms. The molecular weight excluding hydrogens is 380 g/mol. The van der Waals surface area contributed by atoms with Crippen LogP contribution in [0.1, 0.15) is 76.5 Å². The third-order valence-corrected chi connectivity index (χ3v) is 4.07. The van der Waals surface area contributed by atoms with Crippen LogP contribution in [0.4, 0.5) is 0 Å². The Kier molecular flexibility index (Phi) is 10.2. The Bertz CT molecular complexity index is 766. The van der Waals surface area contributed by atoms with Crippen molar-refractivity contribution < 1.29 is 38.9 Å². The quantitative estimate of drug-likeness (QED) is 0.288. The Hall–Kier alpha value is -3.16. The van der Waals surface area contributed by atoms with Crippen molar-refractivity contribution in [2.75, 3.05) is 13.2 Å². The minimum absolute atomic E-state index is 0.00305. The third-order valence-electron chi connectivity index (χ3n) is 4.07. The smallest absolute Gasteiger partial charge is 0.338 e. The fourth-order valence-corrected chi connectivity index (χ4v) is 2.48. The molecule has 0 aliphatic rings. The Morgan fingerprint density at radius 1 is 0.828 bits per heavy atom. The van der Waals surface area contributed by atoms with Crippen molar-refractivity contribution in [1.82, 2.24) is 0 Å². The van der Waals surface area contributed by atoms with E-state index >= 15 is 0 Å². The number of aromatic carboxylic acids is 2. The van der Waals surface area contributed by atoms with E-state index in [4.69, 9.17) is 19.7 Å². The molecule has 0 aliphatic heterocycles. The highest BCUT2D eigenvalue weighted by Gasteiger charge is 2.19. The minimum Gasteiger partial charge on any atom is -0.478 e. The van der Waals surface area contributed by atoms with Gasteiger partial charge in [-0.1, -0.05) is 32.3 Å². The monoisotopic (exact) mass is 406 g/mol. The number of esters is 2. The SMILES string of the molecule is C=C(C)C(=O)OCCCCCCCCOC(=O)c1ccc(C(=O)O)c(C(=O)O)c1. The van der Waals surface area contributed by atoms with Crippen LogP contribution in [0.2, 0.25) is 0 Å². The van der Waals surface area contributed by atoms with Gasteiger partial charge in [0, 0.05) is 5.57 Å². The minimum atomic E-state index is -1.42.